The van der Waals surface area contributed by atoms with Crippen molar-refractivity contribution in [1.82, 2.24) is 19.9 Å². The van der Waals surface area contributed by atoms with Crippen molar-refractivity contribution in [2.45, 2.75) is 0 Å². The molecule has 3 aromatic rings. The van der Waals surface area contributed by atoms with Crippen LogP contribution in [0, 0.1) is 0 Å². The first kappa shape index (κ1) is 12.7. The molecule has 0 saturated heterocycles. The van der Waals surface area contributed by atoms with Crippen molar-refractivity contribution < 1.29 is 0 Å². The average Bonchev–Trinajstić information content (AvgIpc) is 2.46. The Hall–Kier alpha value is -2.27. The molecule has 0 aliphatic heterocycles. The highest BCUT2D eigenvalue weighted by molar-refractivity contribution is 6.28. The van der Waals surface area contributed by atoms with Crippen molar-refractivity contribution in [3.05, 3.63) is 41.8 Å². The number of rotatable bonds is 2. The molecule has 0 fully saturated rings. The smallest absolute Gasteiger partial charge is 0.229 e. The van der Waals surface area contributed by atoms with Gasteiger partial charge in [-0.05, 0) is 35.9 Å². The first-order valence-electron chi connectivity index (χ1n) is 6.07. The van der Waals surface area contributed by atoms with Gasteiger partial charge in [0.25, 0.3) is 0 Å². The Balaban J connectivity index is 2.15. The Morgan fingerprint density at radius 2 is 1.90 bits per heavy atom. The fourth-order valence-corrected chi connectivity index (χ4v) is 2.04. The molecule has 0 atom stereocenters. The van der Waals surface area contributed by atoms with Gasteiger partial charge in [0.1, 0.15) is 0 Å². The largest absolute Gasteiger partial charge is 0.347 e. The molecule has 0 spiro atoms. The van der Waals surface area contributed by atoms with Gasteiger partial charge in [-0.25, -0.2) is 0 Å². The third-order valence-electron chi connectivity index (χ3n) is 2.86. The molecule has 0 radical (unpaired) electrons. The van der Waals surface area contributed by atoms with Crippen LogP contribution < -0.4 is 4.90 Å². The van der Waals surface area contributed by atoms with Gasteiger partial charge < -0.3 is 4.90 Å². The van der Waals surface area contributed by atoms with E-state index < -0.39 is 0 Å². The van der Waals surface area contributed by atoms with Crippen LogP contribution in [0.15, 0.2) is 36.5 Å². The molecule has 20 heavy (non-hydrogen) atoms. The molecule has 0 aliphatic rings. The minimum Gasteiger partial charge on any atom is -0.347 e. The van der Waals surface area contributed by atoms with Gasteiger partial charge in [-0.1, -0.05) is 6.07 Å². The number of fused-ring (bicyclic) bond motifs is 1. The van der Waals surface area contributed by atoms with Crippen LogP contribution >= 0.6 is 11.6 Å². The van der Waals surface area contributed by atoms with E-state index in [0.29, 0.717) is 11.8 Å². The Morgan fingerprint density at radius 3 is 2.70 bits per heavy atom. The van der Waals surface area contributed by atoms with Crippen molar-refractivity contribution in [3.8, 4) is 11.4 Å². The van der Waals surface area contributed by atoms with E-state index in [2.05, 4.69) is 19.9 Å². The number of nitrogens with zero attached hydrogens (tertiary/aromatic N) is 5. The summed E-state index contributed by atoms with van der Waals surface area (Å²) in [6.07, 6.45) is 1.77. The summed E-state index contributed by atoms with van der Waals surface area (Å²) in [6, 6.07) is 9.77. The monoisotopic (exact) mass is 285 g/mol. The van der Waals surface area contributed by atoms with Gasteiger partial charge in [-0.15, -0.1) is 0 Å². The second-order valence-electron chi connectivity index (χ2n) is 4.53. The highest BCUT2D eigenvalue weighted by Crippen LogP contribution is 2.22. The summed E-state index contributed by atoms with van der Waals surface area (Å²) >= 11 is 5.96. The molecule has 0 bridgehead atoms. The summed E-state index contributed by atoms with van der Waals surface area (Å²) in [5.41, 5.74) is 1.82. The highest BCUT2D eigenvalue weighted by Gasteiger charge is 2.09. The molecule has 1 aromatic carbocycles. The van der Waals surface area contributed by atoms with Crippen LogP contribution in [0.3, 0.4) is 0 Å². The van der Waals surface area contributed by atoms with Crippen LogP contribution in [0.25, 0.3) is 22.3 Å². The maximum absolute atomic E-state index is 5.96. The van der Waals surface area contributed by atoms with E-state index in [1.807, 2.05) is 44.4 Å². The van der Waals surface area contributed by atoms with Gasteiger partial charge in [-0.3, -0.25) is 4.98 Å². The second kappa shape index (κ2) is 5.02. The van der Waals surface area contributed by atoms with Gasteiger partial charge >= 0.3 is 0 Å². The van der Waals surface area contributed by atoms with E-state index in [1.54, 1.807) is 11.1 Å². The molecule has 3 rings (SSSR count). The van der Waals surface area contributed by atoms with Crippen molar-refractivity contribution in [3.63, 3.8) is 0 Å². The molecule has 100 valence electrons. The van der Waals surface area contributed by atoms with Gasteiger partial charge in [0.2, 0.25) is 11.2 Å². The lowest BCUT2D eigenvalue weighted by Gasteiger charge is -2.11. The first-order valence-corrected chi connectivity index (χ1v) is 6.45. The number of pyridine rings is 1. The van der Waals surface area contributed by atoms with Crippen LogP contribution in [0.1, 0.15) is 0 Å². The lowest BCUT2D eigenvalue weighted by molar-refractivity contribution is 0.962. The lowest BCUT2D eigenvalue weighted by Crippen LogP contribution is -2.13. The summed E-state index contributed by atoms with van der Waals surface area (Å²) < 4.78 is 0. The predicted octanol–water partition coefficient (Wildman–Crippen LogP) is 2.81. The molecule has 0 amide bonds. The fourth-order valence-electron chi connectivity index (χ4n) is 1.88. The van der Waals surface area contributed by atoms with Crippen LogP contribution in [0.5, 0.6) is 0 Å². The minimum atomic E-state index is 0.185. The average molecular weight is 286 g/mol. The number of hydrogen-bond acceptors (Lipinski definition) is 5. The lowest BCUT2D eigenvalue weighted by atomic mass is 10.1. The van der Waals surface area contributed by atoms with Crippen molar-refractivity contribution in [2.75, 3.05) is 19.0 Å². The van der Waals surface area contributed by atoms with Crippen molar-refractivity contribution >= 4 is 28.5 Å². The summed E-state index contributed by atoms with van der Waals surface area (Å²) in [5.74, 6) is 1.09. The third kappa shape index (κ3) is 2.40. The SMILES string of the molecule is CN(C)c1nc(Cl)nc(-c2ccc3ncccc3c2)n1. The molecule has 2 aromatic heterocycles. The maximum Gasteiger partial charge on any atom is 0.229 e. The summed E-state index contributed by atoms with van der Waals surface area (Å²) in [6.45, 7) is 0. The Labute approximate surface area is 121 Å². The third-order valence-corrected chi connectivity index (χ3v) is 3.03. The van der Waals surface area contributed by atoms with Crippen LogP contribution in [0.4, 0.5) is 5.95 Å². The quantitative estimate of drug-likeness (QED) is 0.725. The zero-order chi connectivity index (χ0) is 14.1. The Bertz CT molecular complexity index is 772. The first-order chi connectivity index (χ1) is 9.63. The van der Waals surface area contributed by atoms with Crippen molar-refractivity contribution in [1.29, 1.82) is 0 Å². The van der Waals surface area contributed by atoms with Crippen LogP contribution in [-0.4, -0.2) is 34.0 Å². The molecule has 0 unspecified atom stereocenters. The van der Waals surface area contributed by atoms with Gasteiger partial charge in [0, 0.05) is 31.2 Å². The zero-order valence-electron chi connectivity index (χ0n) is 11.1. The highest BCUT2D eigenvalue weighted by atomic mass is 35.5. The van der Waals surface area contributed by atoms with E-state index in [4.69, 9.17) is 11.6 Å². The standard InChI is InChI=1S/C14H12ClN5/c1-20(2)14-18-12(17-13(15)19-14)10-5-6-11-9(8-10)4-3-7-16-11/h3-8H,1-2H3. The second-order valence-corrected chi connectivity index (χ2v) is 4.87. The molecule has 0 aliphatic carbocycles. The Kier molecular flexibility index (Phi) is 3.20. The number of benzene rings is 1. The number of halogens is 1. The topological polar surface area (TPSA) is 54.8 Å². The molecule has 6 heteroatoms. The predicted molar refractivity (Wildman–Crippen MR) is 79.9 cm³/mol. The molecule has 0 saturated carbocycles. The van der Waals surface area contributed by atoms with Gasteiger partial charge in [0.05, 0.1) is 5.52 Å². The minimum absolute atomic E-state index is 0.185. The maximum atomic E-state index is 5.96. The fraction of sp³-hybridized carbons (Fsp3) is 0.143. The molecular weight excluding hydrogens is 274 g/mol. The van der Waals surface area contributed by atoms with Gasteiger partial charge in [0.15, 0.2) is 5.82 Å². The Morgan fingerprint density at radius 1 is 1.05 bits per heavy atom. The van der Waals surface area contributed by atoms with Gasteiger partial charge in [-0.2, -0.15) is 15.0 Å². The number of hydrogen-bond donors (Lipinski definition) is 0. The number of aromatic nitrogens is 4. The summed E-state index contributed by atoms with van der Waals surface area (Å²) in [5, 5.41) is 1.22. The molecular formula is C14H12ClN5. The zero-order valence-corrected chi connectivity index (χ0v) is 11.8. The number of anilines is 1. The van der Waals surface area contributed by atoms with E-state index in [9.17, 15) is 0 Å². The van der Waals surface area contributed by atoms with Crippen LogP contribution in [-0.2, 0) is 0 Å². The molecule has 2 heterocycles. The van der Waals surface area contributed by atoms with E-state index in [0.717, 1.165) is 16.5 Å². The van der Waals surface area contributed by atoms with Crippen LogP contribution in [0.2, 0.25) is 5.28 Å². The van der Waals surface area contributed by atoms with E-state index in [-0.39, 0.29) is 5.28 Å². The summed E-state index contributed by atoms with van der Waals surface area (Å²) in [4.78, 5) is 18.8. The van der Waals surface area contributed by atoms with E-state index >= 15 is 0 Å². The molecule has 0 N–H and O–H groups in total. The van der Waals surface area contributed by atoms with Crippen molar-refractivity contribution in [2.24, 2.45) is 0 Å². The van der Waals surface area contributed by atoms with E-state index in [1.165, 1.54) is 0 Å². The summed E-state index contributed by atoms with van der Waals surface area (Å²) in [7, 11) is 3.72. The molecule has 5 nitrogen and oxygen atoms in total. The normalized spacial score (nSPS) is 10.8.